The average Bonchev–Trinajstić information content (AvgIpc) is 3.25. The maximum absolute atomic E-state index is 13.3. The minimum atomic E-state index is -3.80. The van der Waals surface area contributed by atoms with Crippen molar-refractivity contribution in [3.63, 3.8) is 0 Å². The summed E-state index contributed by atoms with van der Waals surface area (Å²) in [5.41, 5.74) is 2.14. The van der Waals surface area contributed by atoms with E-state index in [1.54, 1.807) is 9.36 Å². The number of aryl methyl sites for hydroxylation is 2. The molecule has 30 heavy (non-hydrogen) atoms. The van der Waals surface area contributed by atoms with Gasteiger partial charge in [-0.3, -0.25) is 9.48 Å². The van der Waals surface area contributed by atoms with Crippen LogP contribution in [0, 0.1) is 12.8 Å². The number of rotatable bonds is 4. The lowest BCUT2D eigenvalue weighted by atomic mass is 9.85. The number of amides is 1. The van der Waals surface area contributed by atoms with Crippen molar-refractivity contribution in [2.24, 2.45) is 18.1 Å². The Balaban J connectivity index is 1.68. The summed E-state index contributed by atoms with van der Waals surface area (Å²) < 4.78 is 26.3. The zero-order valence-corrected chi connectivity index (χ0v) is 17.5. The van der Waals surface area contributed by atoms with Crippen LogP contribution in [0.15, 0.2) is 41.7 Å². The van der Waals surface area contributed by atoms with Crippen LogP contribution in [0.25, 0.3) is 0 Å². The predicted octanol–water partition coefficient (Wildman–Crippen LogP) is 0.626. The molecule has 0 bridgehead atoms. The molecular weight excluding hydrogens is 408 g/mol. The number of fused-ring (bicyclic) bond motifs is 1. The van der Waals surface area contributed by atoms with Crippen molar-refractivity contribution in [3.05, 3.63) is 48.0 Å². The van der Waals surface area contributed by atoms with E-state index >= 15 is 0 Å². The van der Waals surface area contributed by atoms with Crippen LogP contribution in [0.4, 0.5) is 11.6 Å². The Morgan fingerprint density at radius 1 is 1.27 bits per heavy atom. The van der Waals surface area contributed by atoms with E-state index in [0.717, 1.165) is 11.3 Å². The van der Waals surface area contributed by atoms with E-state index in [1.807, 2.05) is 27.1 Å². The number of benzene rings is 1. The number of nitrogens with two attached hydrogens (primary N) is 1. The van der Waals surface area contributed by atoms with Gasteiger partial charge in [-0.25, -0.2) is 18.2 Å². The summed E-state index contributed by atoms with van der Waals surface area (Å²) in [7, 11) is -1.98. The fourth-order valence-corrected chi connectivity index (χ4v) is 4.35. The highest BCUT2D eigenvalue weighted by atomic mass is 32.2. The summed E-state index contributed by atoms with van der Waals surface area (Å²) >= 11 is 0. The lowest BCUT2D eigenvalue weighted by Gasteiger charge is -2.36. The molecule has 3 atom stereocenters. The zero-order chi connectivity index (χ0) is 21.6. The highest BCUT2D eigenvalue weighted by molar-refractivity contribution is 7.89. The van der Waals surface area contributed by atoms with Crippen LogP contribution in [-0.2, 0) is 21.9 Å². The molecule has 1 amide bonds. The van der Waals surface area contributed by atoms with Gasteiger partial charge in [0.05, 0.1) is 22.5 Å². The van der Waals surface area contributed by atoms with Gasteiger partial charge in [-0.1, -0.05) is 0 Å². The van der Waals surface area contributed by atoms with Gasteiger partial charge in [-0.15, -0.1) is 0 Å². The molecule has 3 heterocycles. The molecule has 1 aliphatic rings. The third-order valence-electron chi connectivity index (χ3n) is 5.20. The molecule has 158 valence electrons. The first-order valence-corrected chi connectivity index (χ1v) is 10.8. The molecule has 4 rings (SSSR count). The molecule has 0 saturated heterocycles. The van der Waals surface area contributed by atoms with E-state index < -0.39 is 22.0 Å². The molecule has 1 aromatic carbocycles. The highest BCUT2D eigenvalue weighted by Gasteiger charge is 2.42. The normalized spacial score (nSPS) is 21.0. The van der Waals surface area contributed by atoms with Crippen LogP contribution in [0.2, 0.25) is 0 Å². The number of hydrogen-bond acceptors (Lipinski definition) is 7. The summed E-state index contributed by atoms with van der Waals surface area (Å²) in [6.07, 6.45) is 3.32. The van der Waals surface area contributed by atoms with E-state index in [9.17, 15) is 13.2 Å². The van der Waals surface area contributed by atoms with Gasteiger partial charge in [-0.2, -0.15) is 15.2 Å². The summed E-state index contributed by atoms with van der Waals surface area (Å²) in [5, 5.41) is 20.0. The van der Waals surface area contributed by atoms with E-state index in [4.69, 9.17) is 5.14 Å². The molecule has 2 aromatic heterocycles. The minimum absolute atomic E-state index is 0.0238. The Bertz CT molecular complexity index is 1200. The molecule has 0 spiro atoms. The van der Waals surface area contributed by atoms with Gasteiger partial charge in [0.25, 0.3) is 0 Å². The maximum Gasteiger partial charge on any atom is 0.238 e. The third-order valence-corrected chi connectivity index (χ3v) is 6.12. The summed E-state index contributed by atoms with van der Waals surface area (Å²) in [4.78, 5) is 17.5. The van der Waals surface area contributed by atoms with E-state index in [0.29, 0.717) is 11.6 Å². The first-order chi connectivity index (χ1) is 14.1. The van der Waals surface area contributed by atoms with E-state index in [-0.39, 0.29) is 16.8 Å². The van der Waals surface area contributed by atoms with Crippen molar-refractivity contribution < 1.29 is 13.2 Å². The predicted molar refractivity (Wildman–Crippen MR) is 109 cm³/mol. The smallest absolute Gasteiger partial charge is 0.238 e. The minimum Gasteiger partial charge on any atom is -0.351 e. The molecule has 11 nitrogen and oxygen atoms in total. The van der Waals surface area contributed by atoms with Crippen molar-refractivity contribution in [3.8, 4) is 0 Å². The Kier molecular flexibility index (Phi) is 4.82. The Morgan fingerprint density at radius 3 is 2.57 bits per heavy atom. The van der Waals surface area contributed by atoms with Crippen LogP contribution >= 0.6 is 0 Å². The van der Waals surface area contributed by atoms with Gasteiger partial charge in [0, 0.05) is 30.5 Å². The molecule has 4 N–H and O–H groups in total. The second kappa shape index (κ2) is 7.22. The number of hydrogen-bond donors (Lipinski definition) is 3. The summed E-state index contributed by atoms with van der Waals surface area (Å²) in [6.45, 7) is 3.80. The number of primary sulfonamides is 1. The Morgan fingerprint density at radius 2 is 1.97 bits per heavy atom. The van der Waals surface area contributed by atoms with Crippen molar-refractivity contribution in [1.29, 1.82) is 0 Å². The van der Waals surface area contributed by atoms with Gasteiger partial charge >= 0.3 is 0 Å². The largest absolute Gasteiger partial charge is 0.351 e. The standard InChI is InChI=1S/C18H22N8O3S/c1-10-14(8-25(3)24-10)16-15(11(2)22-18-20-9-21-26(16)18)17(27)23-12-4-6-13(7-5-12)30(19,28)29/h4-9,11,15-16H,1-3H3,(H,23,27)(H2,19,28,29)(H,20,21,22)/t11-,15+,16-/m1/s1. The summed E-state index contributed by atoms with van der Waals surface area (Å²) in [5.74, 6) is -0.190. The molecule has 0 radical (unpaired) electrons. The maximum atomic E-state index is 13.3. The lowest BCUT2D eigenvalue weighted by Crippen LogP contribution is -2.46. The highest BCUT2D eigenvalue weighted by Crippen LogP contribution is 2.37. The number of carbonyl (C=O) groups excluding carboxylic acids is 1. The van der Waals surface area contributed by atoms with Crippen molar-refractivity contribution in [2.75, 3.05) is 10.6 Å². The Hall–Kier alpha value is -3.25. The first kappa shape index (κ1) is 20.0. The third kappa shape index (κ3) is 3.55. The fraction of sp³-hybridized carbons (Fsp3) is 0.333. The molecule has 1 aliphatic heterocycles. The van der Waals surface area contributed by atoms with Crippen molar-refractivity contribution in [2.45, 2.75) is 30.8 Å². The second-order valence-electron chi connectivity index (χ2n) is 7.33. The van der Waals surface area contributed by atoms with Crippen LogP contribution in [0.3, 0.4) is 0 Å². The van der Waals surface area contributed by atoms with E-state index in [2.05, 4.69) is 25.8 Å². The van der Waals surface area contributed by atoms with E-state index in [1.165, 1.54) is 30.6 Å². The molecule has 3 aromatic rings. The molecule has 0 unspecified atom stereocenters. The Labute approximate surface area is 173 Å². The van der Waals surface area contributed by atoms with Crippen LogP contribution in [-0.4, -0.2) is 44.9 Å². The SMILES string of the molecule is Cc1nn(C)cc1[C@@H]1[C@@H](C(=O)Nc2ccc(S(N)(=O)=O)cc2)[C@@H](C)Nc2ncnn21. The number of carbonyl (C=O) groups is 1. The van der Waals surface area contributed by atoms with Gasteiger partial charge < -0.3 is 10.6 Å². The second-order valence-corrected chi connectivity index (χ2v) is 8.90. The van der Waals surface area contributed by atoms with Crippen LogP contribution in [0.5, 0.6) is 0 Å². The number of anilines is 2. The molecule has 12 heteroatoms. The van der Waals surface area contributed by atoms with Gasteiger partial charge in [0.1, 0.15) is 6.33 Å². The zero-order valence-electron chi connectivity index (χ0n) is 16.6. The monoisotopic (exact) mass is 430 g/mol. The van der Waals surface area contributed by atoms with Gasteiger partial charge in [0.15, 0.2) is 0 Å². The van der Waals surface area contributed by atoms with Gasteiger partial charge in [-0.05, 0) is 38.1 Å². The molecular formula is C18H22N8O3S. The molecule has 0 saturated carbocycles. The van der Waals surface area contributed by atoms with Crippen LogP contribution < -0.4 is 15.8 Å². The molecule has 0 fully saturated rings. The average molecular weight is 430 g/mol. The number of nitrogens with one attached hydrogen (secondary N) is 2. The lowest BCUT2D eigenvalue weighted by molar-refractivity contribution is -0.121. The number of sulfonamides is 1. The summed E-state index contributed by atoms with van der Waals surface area (Å²) in [6, 6.07) is 5.07. The van der Waals surface area contributed by atoms with Crippen molar-refractivity contribution >= 4 is 27.6 Å². The fourth-order valence-electron chi connectivity index (χ4n) is 3.83. The topological polar surface area (TPSA) is 150 Å². The van der Waals surface area contributed by atoms with Crippen molar-refractivity contribution in [1.82, 2.24) is 24.5 Å². The quantitative estimate of drug-likeness (QED) is 0.549. The van der Waals surface area contributed by atoms with Crippen LogP contribution in [0.1, 0.15) is 24.2 Å². The van der Waals surface area contributed by atoms with Gasteiger partial charge in [0.2, 0.25) is 21.9 Å². The molecule has 0 aliphatic carbocycles. The first-order valence-electron chi connectivity index (χ1n) is 9.25. The number of aromatic nitrogens is 5. The number of nitrogens with zero attached hydrogens (tertiary/aromatic N) is 5.